The van der Waals surface area contributed by atoms with Crippen molar-refractivity contribution >= 4 is 33.0 Å². The number of hydrogen-bond acceptors (Lipinski definition) is 7. The lowest BCUT2D eigenvalue weighted by Gasteiger charge is -2.15. The first-order chi connectivity index (χ1) is 13.5. The van der Waals surface area contributed by atoms with Crippen molar-refractivity contribution in [3.05, 3.63) is 71.8 Å². The quantitative estimate of drug-likeness (QED) is 0.563. The van der Waals surface area contributed by atoms with Crippen LogP contribution in [0.25, 0.3) is 0 Å². The molecule has 0 aliphatic carbocycles. The number of amides is 2. The summed E-state index contributed by atoms with van der Waals surface area (Å²) in [6.07, 6.45) is 4.52. The normalized spacial score (nSPS) is 12.3. The third kappa shape index (κ3) is 4.65. The van der Waals surface area contributed by atoms with Crippen LogP contribution in [-0.2, 0) is 26.0 Å². The number of carbonyl (C=O) groups is 2. The number of sulfone groups is 1. The van der Waals surface area contributed by atoms with Gasteiger partial charge in [-0.25, -0.2) is 8.42 Å². The Hall–Kier alpha value is -2.98. The van der Waals surface area contributed by atoms with Gasteiger partial charge in [0.15, 0.2) is 9.84 Å². The van der Waals surface area contributed by atoms with Gasteiger partial charge in [-0.2, -0.15) is 0 Å². The second kappa shape index (κ2) is 8.81. The van der Waals surface area contributed by atoms with E-state index in [4.69, 9.17) is 4.42 Å². The zero-order valence-electron chi connectivity index (χ0n) is 14.6. The summed E-state index contributed by atoms with van der Waals surface area (Å²) in [5.41, 5.74) is 0.734. The van der Waals surface area contributed by atoms with Gasteiger partial charge < -0.3 is 15.1 Å². The molecule has 3 rings (SSSR count). The van der Waals surface area contributed by atoms with Crippen LogP contribution in [0.1, 0.15) is 16.6 Å². The molecule has 0 aliphatic rings. The highest BCUT2D eigenvalue weighted by atomic mass is 32.2. The molecular weight excluding hydrogens is 402 g/mol. The Morgan fingerprint density at radius 2 is 1.93 bits per heavy atom. The van der Waals surface area contributed by atoms with Crippen molar-refractivity contribution in [1.82, 2.24) is 15.6 Å². The molecule has 0 saturated carbocycles. The lowest BCUT2D eigenvalue weighted by Crippen LogP contribution is -2.42. The molecule has 2 amide bonds. The summed E-state index contributed by atoms with van der Waals surface area (Å²) >= 11 is 1.07. The highest BCUT2D eigenvalue weighted by Gasteiger charge is 2.33. The van der Waals surface area contributed by atoms with E-state index in [1.54, 1.807) is 42.0 Å². The predicted molar refractivity (Wildman–Crippen MR) is 102 cm³/mol. The van der Waals surface area contributed by atoms with Gasteiger partial charge in [0, 0.05) is 25.5 Å². The number of carbonyl (C=O) groups excluding carboxylic acids is 2. The zero-order valence-corrected chi connectivity index (χ0v) is 16.2. The van der Waals surface area contributed by atoms with Gasteiger partial charge in [0.05, 0.1) is 6.26 Å². The second-order valence-corrected chi connectivity index (χ2v) is 9.04. The average Bonchev–Trinajstić information content (AvgIpc) is 3.41. The minimum atomic E-state index is -3.79. The summed E-state index contributed by atoms with van der Waals surface area (Å²) in [6, 6.07) is 9.66. The van der Waals surface area contributed by atoms with Crippen molar-refractivity contribution in [2.45, 2.75) is 16.0 Å². The van der Waals surface area contributed by atoms with Crippen molar-refractivity contribution in [1.29, 1.82) is 0 Å². The number of rotatable bonds is 7. The maximum absolute atomic E-state index is 12.9. The molecule has 3 heterocycles. The minimum absolute atomic E-state index is 0.134. The van der Waals surface area contributed by atoms with Crippen molar-refractivity contribution in [3.63, 3.8) is 0 Å². The van der Waals surface area contributed by atoms with Crippen LogP contribution >= 0.6 is 11.3 Å². The number of pyridine rings is 1. The van der Waals surface area contributed by atoms with Crippen molar-refractivity contribution in [3.8, 4) is 0 Å². The van der Waals surface area contributed by atoms with Crippen LogP contribution in [0.2, 0.25) is 0 Å². The maximum Gasteiger partial charge on any atom is 0.309 e. The molecule has 28 heavy (non-hydrogen) atoms. The molecule has 0 bridgehead atoms. The van der Waals surface area contributed by atoms with E-state index in [2.05, 4.69) is 15.6 Å². The van der Waals surface area contributed by atoms with Gasteiger partial charge in [-0.15, -0.1) is 11.3 Å². The molecule has 0 radical (unpaired) electrons. The highest BCUT2D eigenvalue weighted by molar-refractivity contribution is 7.93. The van der Waals surface area contributed by atoms with Gasteiger partial charge in [-0.3, -0.25) is 14.6 Å². The standard InChI is InChI=1S/C18H17N3O5S2/c22-17(20-11-13-4-1-7-19-10-13)18(23)21-12-15(14-5-2-8-26-14)28(24,25)16-6-3-9-27-16/h1-10,15H,11-12H2,(H,20,22)(H,21,23)/t15-/m1/s1. The molecule has 146 valence electrons. The van der Waals surface area contributed by atoms with Gasteiger partial charge >= 0.3 is 11.8 Å². The first-order valence-corrected chi connectivity index (χ1v) is 10.7. The lowest BCUT2D eigenvalue weighted by molar-refractivity contribution is -0.139. The van der Waals surface area contributed by atoms with Crippen LogP contribution < -0.4 is 10.6 Å². The maximum atomic E-state index is 12.9. The van der Waals surface area contributed by atoms with E-state index < -0.39 is 26.9 Å². The summed E-state index contributed by atoms with van der Waals surface area (Å²) in [6.45, 7) is -0.165. The fourth-order valence-corrected chi connectivity index (χ4v) is 5.23. The number of hydrogen-bond donors (Lipinski definition) is 2. The lowest BCUT2D eigenvalue weighted by atomic mass is 10.3. The molecule has 2 N–H and O–H groups in total. The topological polar surface area (TPSA) is 118 Å². The van der Waals surface area contributed by atoms with Crippen LogP contribution in [0.15, 0.2) is 69.1 Å². The number of thiophene rings is 1. The summed E-state index contributed by atoms with van der Waals surface area (Å²) in [5, 5.41) is 5.34. The van der Waals surface area contributed by atoms with Gasteiger partial charge in [0.2, 0.25) is 0 Å². The van der Waals surface area contributed by atoms with E-state index in [1.807, 2.05) is 0 Å². The van der Waals surface area contributed by atoms with E-state index >= 15 is 0 Å². The Bertz CT molecular complexity index is 1020. The van der Waals surface area contributed by atoms with Gasteiger partial charge in [-0.1, -0.05) is 12.1 Å². The number of nitrogens with zero attached hydrogens (tertiary/aromatic N) is 1. The molecule has 0 spiro atoms. The Labute approximate surface area is 165 Å². The van der Waals surface area contributed by atoms with Crippen molar-refractivity contribution in [2.24, 2.45) is 0 Å². The van der Waals surface area contributed by atoms with Crippen molar-refractivity contribution < 1.29 is 22.4 Å². The molecule has 0 aliphatic heterocycles. The Balaban J connectivity index is 1.65. The van der Waals surface area contributed by atoms with Crippen LogP contribution in [0.4, 0.5) is 0 Å². The molecule has 3 aromatic rings. The van der Waals surface area contributed by atoms with Crippen LogP contribution in [0, 0.1) is 0 Å². The second-order valence-electron chi connectivity index (χ2n) is 5.74. The zero-order chi connectivity index (χ0) is 20.0. The first kappa shape index (κ1) is 19.8. The molecule has 3 aromatic heterocycles. The average molecular weight is 419 g/mol. The van der Waals surface area contributed by atoms with Crippen molar-refractivity contribution in [2.75, 3.05) is 6.54 Å². The minimum Gasteiger partial charge on any atom is -0.468 e. The first-order valence-electron chi connectivity index (χ1n) is 8.24. The summed E-state index contributed by atoms with van der Waals surface area (Å²) in [5.74, 6) is -1.61. The van der Waals surface area contributed by atoms with Gasteiger partial charge in [0.1, 0.15) is 15.2 Å². The number of furan rings is 1. The molecule has 0 saturated heterocycles. The summed E-state index contributed by atoms with van der Waals surface area (Å²) < 4.78 is 31.2. The van der Waals surface area contributed by atoms with Crippen LogP contribution in [0.5, 0.6) is 0 Å². The van der Waals surface area contributed by atoms with Crippen LogP contribution in [-0.4, -0.2) is 31.8 Å². The fourth-order valence-electron chi connectivity index (χ4n) is 2.43. The van der Waals surface area contributed by atoms with E-state index in [0.717, 1.165) is 16.9 Å². The Morgan fingerprint density at radius 1 is 1.11 bits per heavy atom. The Kier molecular flexibility index (Phi) is 6.22. The van der Waals surface area contributed by atoms with E-state index in [-0.39, 0.29) is 23.1 Å². The fraction of sp³-hybridized carbons (Fsp3) is 0.167. The molecule has 10 heteroatoms. The third-order valence-corrected chi connectivity index (χ3v) is 7.33. The molecule has 0 aromatic carbocycles. The number of nitrogens with one attached hydrogen (secondary N) is 2. The molecule has 1 atom stereocenters. The van der Waals surface area contributed by atoms with Gasteiger partial charge in [0.25, 0.3) is 0 Å². The van der Waals surface area contributed by atoms with E-state index in [0.29, 0.717) is 0 Å². The summed E-state index contributed by atoms with van der Waals surface area (Å²) in [4.78, 5) is 28.0. The monoisotopic (exact) mass is 419 g/mol. The SMILES string of the molecule is O=C(NCc1cccnc1)C(=O)NC[C@H](c1ccco1)S(=O)(=O)c1cccs1. The summed E-state index contributed by atoms with van der Waals surface area (Å²) in [7, 11) is -3.79. The molecular formula is C18H17N3O5S2. The third-order valence-electron chi connectivity index (χ3n) is 3.84. The Morgan fingerprint density at radius 3 is 2.57 bits per heavy atom. The largest absolute Gasteiger partial charge is 0.468 e. The van der Waals surface area contributed by atoms with E-state index in [1.165, 1.54) is 18.4 Å². The molecule has 0 fully saturated rings. The predicted octanol–water partition coefficient (Wildman–Crippen LogP) is 1.68. The van der Waals surface area contributed by atoms with Crippen LogP contribution in [0.3, 0.4) is 0 Å². The smallest absolute Gasteiger partial charge is 0.309 e. The molecule has 0 unspecified atom stereocenters. The van der Waals surface area contributed by atoms with Gasteiger partial charge in [-0.05, 0) is 35.2 Å². The number of aromatic nitrogens is 1. The van der Waals surface area contributed by atoms with E-state index in [9.17, 15) is 18.0 Å². The highest BCUT2D eigenvalue weighted by Crippen LogP contribution is 2.31. The molecule has 8 nitrogen and oxygen atoms in total.